The molecular weight excluding hydrogens is 348 g/mol. The van der Waals surface area contributed by atoms with E-state index in [1.54, 1.807) is 6.92 Å². The van der Waals surface area contributed by atoms with Gasteiger partial charge in [-0.05, 0) is 32.1 Å². The lowest BCUT2D eigenvalue weighted by Gasteiger charge is -2.19. The zero-order valence-electron chi connectivity index (χ0n) is 16.6. The van der Waals surface area contributed by atoms with Gasteiger partial charge in [0.15, 0.2) is 0 Å². The van der Waals surface area contributed by atoms with Gasteiger partial charge in [-0.3, -0.25) is 4.79 Å². The van der Waals surface area contributed by atoms with Crippen molar-refractivity contribution < 1.29 is 19.7 Å². The highest BCUT2D eigenvalue weighted by Crippen LogP contribution is 2.46. The highest BCUT2D eigenvalue weighted by molar-refractivity contribution is 8.07. The van der Waals surface area contributed by atoms with Crippen LogP contribution in [-0.2, 0) is 9.53 Å². The van der Waals surface area contributed by atoms with Crippen molar-refractivity contribution in [1.29, 1.82) is 0 Å². The predicted molar refractivity (Wildman–Crippen MR) is 109 cm³/mol. The second kappa shape index (κ2) is 13.6. The van der Waals surface area contributed by atoms with E-state index < -0.39 is 11.9 Å². The third kappa shape index (κ3) is 12.0. The van der Waals surface area contributed by atoms with E-state index in [1.165, 1.54) is 51.4 Å². The van der Waals surface area contributed by atoms with Crippen LogP contribution in [0.3, 0.4) is 0 Å². The first kappa shape index (κ1) is 23.5. The van der Waals surface area contributed by atoms with E-state index in [0.29, 0.717) is 0 Å². The molecule has 1 aliphatic rings. The van der Waals surface area contributed by atoms with Crippen molar-refractivity contribution >= 4 is 17.7 Å². The van der Waals surface area contributed by atoms with Gasteiger partial charge in [0, 0.05) is 23.3 Å². The Labute approximate surface area is 163 Å². The third-order valence-electron chi connectivity index (χ3n) is 4.80. The van der Waals surface area contributed by atoms with Crippen molar-refractivity contribution in [2.75, 3.05) is 0 Å². The van der Waals surface area contributed by atoms with Gasteiger partial charge in [-0.25, -0.2) is 0 Å². The van der Waals surface area contributed by atoms with Crippen molar-refractivity contribution in [3.05, 3.63) is 12.2 Å². The summed E-state index contributed by atoms with van der Waals surface area (Å²) in [6, 6.07) is 0. The molecule has 0 aromatic rings. The fourth-order valence-electron chi connectivity index (χ4n) is 2.95. The third-order valence-corrected chi connectivity index (χ3v) is 6.27. The Kier molecular flexibility index (Phi) is 12.3. The summed E-state index contributed by atoms with van der Waals surface area (Å²) >= 11 is 2.12. The Morgan fingerprint density at radius 1 is 1.00 bits per heavy atom. The number of carbonyl (C=O) groups is 1. The molecule has 1 saturated heterocycles. The maximum absolute atomic E-state index is 11.4. The highest BCUT2D eigenvalue weighted by Gasteiger charge is 2.35. The van der Waals surface area contributed by atoms with Crippen LogP contribution >= 0.6 is 11.8 Å². The SMILES string of the molecule is CCCCC/C=C\CC1SC1CCCCCCCC(=O)OC(O)(O)CC. The van der Waals surface area contributed by atoms with Crippen LogP contribution in [0.4, 0.5) is 0 Å². The van der Waals surface area contributed by atoms with Crippen LogP contribution < -0.4 is 0 Å². The number of ether oxygens (including phenoxy) is 1. The van der Waals surface area contributed by atoms with Gasteiger partial charge in [0.05, 0.1) is 0 Å². The Morgan fingerprint density at radius 3 is 2.46 bits per heavy atom. The summed E-state index contributed by atoms with van der Waals surface area (Å²) in [7, 11) is 0. The summed E-state index contributed by atoms with van der Waals surface area (Å²) < 4.78 is 4.59. The van der Waals surface area contributed by atoms with Gasteiger partial charge < -0.3 is 14.9 Å². The van der Waals surface area contributed by atoms with E-state index in [0.717, 1.165) is 29.8 Å². The van der Waals surface area contributed by atoms with E-state index in [2.05, 4.69) is 35.6 Å². The lowest BCUT2D eigenvalue weighted by Crippen LogP contribution is -2.33. The summed E-state index contributed by atoms with van der Waals surface area (Å²) in [6.45, 7) is 3.80. The topological polar surface area (TPSA) is 66.8 Å². The fraction of sp³-hybridized carbons (Fsp3) is 0.857. The van der Waals surface area contributed by atoms with Gasteiger partial charge in [0.25, 0.3) is 0 Å². The molecule has 2 unspecified atom stereocenters. The molecule has 0 bridgehead atoms. The van der Waals surface area contributed by atoms with Crippen LogP contribution in [0.5, 0.6) is 0 Å². The molecule has 5 heteroatoms. The van der Waals surface area contributed by atoms with Crippen molar-refractivity contribution in [3.63, 3.8) is 0 Å². The molecule has 1 fully saturated rings. The summed E-state index contributed by atoms with van der Waals surface area (Å²) in [4.78, 5) is 11.4. The number of esters is 1. The van der Waals surface area contributed by atoms with Gasteiger partial charge in [-0.1, -0.05) is 64.5 Å². The van der Waals surface area contributed by atoms with Crippen LogP contribution in [0, 0.1) is 0 Å². The van der Waals surface area contributed by atoms with Crippen LogP contribution in [-0.4, -0.2) is 32.7 Å². The van der Waals surface area contributed by atoms with E-state index in [1.807, 2.05) is 0 Å². The average Bonchev–Trinajstić information content (AvgIpc) is 3.35. The first-order valence-corrected chi connectivity index (χ1v) is 11.4. The Balaban J connectivity index is 1.88. The minimum atomic E-state index is -2.31. The van der Waals surface area contributed by atoms with Crippen LogP contribution in [0.15, 0.2) is 12.2 Å². The lowest BCUT2D eigenvalue weighted by atomic mass is 10.1. The van der Waals surface area contributed by atoms with E-state index in [4.69, 9.17) is 0 Å². The zero-order valence-corrected chi connectivity index (χ0v) is 17.4. The smallest absolute Gasteiger partial charge is 0.323 e. The predicted octanol–water partition coefficient (Wildman–Crippen LogP) is 5.32. The van der Waals surface area contributed by atoms with Crippen molar-refractivity contribution in [2.24, 2.45) is 0 Å². The molecule has 2 N–H and O–H groups in total. The van der Waals surface area contributed by atoms with Gasteiger partial charge >= 0.3 is 11.9 Å². The Hall–Kier alpha value is -0.520. The molecule has 0 aromatic carbocycles. The van der Waals surface area contributed by atoms with Gasteiger partial charge in [-0.2, -0.15) is 11.8 Å². The summed E-state index contributed by atoms with van der Waals surface area (Å²) in [5.41, 5.74) is 0. The molecule has 1 rings (SSSR count). The van der Waals surface area contributed by atoms with Crippen molar-refractivity contribution in [2.45, 2.75) is 114 Å². The number of unbranched alkanes of at least 4 members (excludes halogenated alkanes) is 7. The van der Waals surface area contributed by atoms with Crippen LogP contribution in [0.1, 0.15) is 97.3 Å². The first-order valence-electron chi connectivity index (χ1n) is 10.5. The van der Waals surface area contributed by atoms with Crippen LogP contribution in [0.2, 0.25) is 0 Å². The van der Waals surface area contributed by atoms with Gasteiger partial charge in [-0.15, -0.1) is 0 Å². The van der Waals surface area contributed by atoms with Gasteiger partial charge in [0.1, 0.15) is 0 Å². The Morgan fingerprint density at radius 2 is 1.73 bits per heavy atom. The Bertz CT molecular complexity index is 409. The zero-order chi connectivity index (χ0) is 19.3. The molecule has 0 saturated carbocycles. The molecule has 0 radical (unpaired) electrons. The quantitative estimate of drug-likeness (QED) is 0.124. The summed E-state index contributed by atoms with van der Waals surface area (Å²) in [5, 5.41) is 20.2. The van der Waals surface area contributed by atoms with Crippen LogP contribution in [0.25, 0.3) is 0 Å². The van der Waals surface area contributed by atoms with E-state index in [9.17, 15) is 15.0 Å². The standard InChI is InChI=1S/C21H38O4S/c1-3-5-6-7-9-12-15-18-19(26-18)16-13-10-8-11-14-17-20(22)25-21(23,24)4-2/h9,12,18-19,23-24H,3-8,10-11,13-17H2,1-2H3/b12-9-. The number of carbonyl (C=O) groups excluding carboxylic acids is 1. The molecule has 2 atom stereocenters. The number of allylic oxidation sites excluding steroid dienone is 2. The highest BCUT2D eigenvalue weighted by atomic mass is 32.2. The summed E-state index contributed by atoms with van der Waals surface area (Å²) in [5.74, 6) is -2.84. The normalized spacial score (nSPS) is 19.8. The van der Waals surface area contributed by atoms with Gasteiger partial charge in [0.2, 0.25) is 0 Å². The van der Waals surface area contributed by atoms with E-state index >= 15 is 0 Å². The molecule has 0 amide bonds. The monoisotopic (exact) mass is 386 g/mol. The number of thioether (sulfide) groups is 1. The molecule has 0 spiro atoms. The second-order valence-corrected chi connectivity index (χ2v) is 8.78. The second-order valence-electron chi connectivity index (χ2n) is 7.29. The molecule has 4 nitrogen and oxygen atoms in total. The van der Waals surface area contributed by atoms with Crippen molar-refractivity contribution in [1.82, 2.24) is 0 Å². The minimum absolute atomic E-state index is 0.0203. The number of aliphatic hydroxyl groups is 2. The maximum Gasteiger partial charge on any atom is 0.323 e. The lowest BCUT2D eigenvalue weighted by molar-refractivity contribution is -0.319. The molecule has 0 aliphatic carbocycles. The number of rotatable bonds is 16. The van der Waals surface area contributed by atoms with E-state index in [-0.39, 0.29) is 12.8 Å². The minimum Gasteiger partial charge on any atom is -0.408 e. The molecule has 1 heterocycles. The largest absolute Gasteiger partial charge is 0.408 e. The number of hydrogen-bond acceptors (Lipinski definition) is 5. The molecule has 0 aromatic heterocycles. The molecule has 26 heavy (non-hydrogen) atoms. The summed E-state index contributed by atoms with van der Waals surface area (Å²) in [6.07, 6.45) is 18.1. The number of hydrogen-bond donors (Lipinski definition) is 2. The molecular formula is C21H38O4S. The first-order chi connectivity index (χ1) is 12.5. The van der Waals surface area contributed by atoms with Crippen molar-refractivity contribution in [3.8, 4) is 0 Å². The molecule has 1 aliphatic heterocycles. The maximum atomic E-state index is 11.4. The fourth-order valence-corrected chi connectivity index (χ4v) is 4.08. The molecule has 152 valence electrons. The average molecular weight is 387 g/mol.